The second kappa shape index (κ2) is 7.23. The summed E-state index contributed by atoms with van der Waals surface area (Å²) in [6.45, 7) is 3.71. The molecule has 1 amide bonds. The second-order valence-corrected chi connectivity index (χ2v) is 6.32. The van der Waals surface area contributed by atoms with Crippen LogP contribution in [0.2, 0.25) is 5.15 Å². The van der Waals surface area contributed by atoms with Crippen LogP contribution < -0.4 is 0 Å². The summed E-state index contributed by atoms with van der Waals surface area (Å²) in [6.07, 6.45) is 4.04. The van der Waals surface area contributed by atoms with Gasteiger partial charge in [-0.2, -0.15) is 0 Å². The quantitative estimate of drug-likeness (QED) is 0.803. The normalized spacial score (nSPS) is 19.1. The van der Waals surface area contributed by atoms with Gasteiger partial charge in [0.25, 0.3) is 5.91 Å². The number of amides is 1. The maximum absolute atomic E-state index is 12.7. The molecule has 1 aliphatic rings. The molecule has 0 saturated carbocycles. The molecule has 1 fully saturated rings. The van der Waals surface area contributed by atoms with Crippen molar-refractivity contribution in [2.45, 2.75) is 38.6 Å². The van der Waals surface area contributed by atoms with Crippen molar-refractivity contribution in [2.24, 2.45) is 0 Å². The number of halogens is 1. The van der Waals surface area contributed by atoms with Crippen LogP contribution in [-0.2, 0) is 6.42 Å². The Kier molecular flexibility index (Phi) is 5.59. The Labute approximate surface area is 132 Å². The molecule has 21 heavy (non-hydrogen) atoms. The largest absolute Gasteiger partial charge is 0.337 e. The summed E-state index contributed by atoms with van der Waals surface area (Å²) in [4.78, 5) is 21.1. The third-order valence-electron chi connectivity index (χ3n) is 4.01. The number of aryl methyl sites for hydroxylation is 1. The third-order valence-corrected chi connectivity index (χ3v) is 4.21. The molecule has 0 radical (unpaired) electrons. The predicted molar refractivity (Wildman–Crippen MR) is 85.9 cm³/mol. The molecule has 1 aromatic heterocycles. The number of carbonyl (C=O) groups is 1. The molecule has 1 atom stereocenters. The highest BCUT2D eigenvalue weighted by atomic mass is 35.5. The van der Waals surface area contributed by atoms with E-state index < -0.39 is 0 Å². The molecular formula is C16H24ClN3O. The van der Waals surface area contributed by atoms with Gasteiger partial charge in [-0.3, -0.25) is 4.79 Å². The van der Waals surface area contributed by atoms with E-state index in [-0.39, 0.29) is 5.91 Å². The highest BCUT2D eigenvalue weighted by Crippen LogP contribution is 2.19. The van der Waals surface area contributed by atoms with Crippen molar-refractivity contribution in [3.63, 3.8) is 0 Å². The van der Waals surface area contributed by atoms with Crippen LogP contribution in [0.5, 0.6) is 0 Å². The van der Waals surface area contributed by atoms with E-state index in [4.69, 9.17) is 11.6 Å². The summed E-state index contributed by atoms with van der Waals surface area (Å²) in [5.74, 6) is 0.0724. The van der Waals surface area contributed by atoms with Crippen LogP contribution in [0, 0.1) is 0 Å². The molecule has 0 spiro atoms. The predicted octanol–water partition coefficient (Wildman–Crippen LogP) is 2.85. The molecule has 0 aromatic carbocycles. The Morgan fingerprint density at radius 1 is 1.48 bits per heavy atom. The maximum Gasteiger partial charge on any atom is 0.254 e. The zero-order chi connectivity index (χ0) is 15.4. The first-order chi connectivity index (χ1) is 10.0. The van der Waals surface area contributed by atoms with Gasteiger partial charge in [0.15, 0.2) is 0 Å². The van der Waals surface area contributed by atoms with E-state index in [1.54, 1.807) is 6.07 Å². The molecule has 1 aromatic rings. The molecule has 0 N–H and O–H groups in total. The average Bonchev–Trinajstić information content (AvgIpc) is 2.46. The van der Waals surface area contributed by atoms with Gasteiger partial charge >= 0.3 is 0 Å². The van der Waals surface area contributed by atoms with Crippen molar-refractivity contribution in [1.82, 2.24) is 14.8 Å². The zero-order valence-electron chi connectivity index (χ0n) is 13.1. The van der Waals surface area contributed by atoms with Crippen LogP contribution in [0.15, 0.2) is 12.1 Å². The molecule has 116 valence electrons. The van der Waals surface area contributed by atoms with Gasteiger partial charge in [-0.05, 0) is 45.5 Å². The monoisotopic (exact) mass is 309 g/mol. The smallest absolute Gasteiger partial charge is 0.254 e. The molecule has 1 unspecified atom stereocenters. The lowest BCUT2D eigenvalue weighted by molar-refractivity contribution is 0.0635. The summed E-state index contributed by atoms with van der Waals surface area (Å²) >= 11 is 6.06. The Morgan fingerprint density at radius 2 is 2.24 bits per heavy atom. The molecule has 4 nitrogen and oxygen atoms in total. The minimum atomic E-state index is 0.0724. The fourth-order valence-electron chi connectivity index (χ4n) is 2.80. The number of likely N-dealkylation sites (N-methyl/N-ethyl adjacent to an activating group) is 1. The number of rotatable bonds is 4. The lowest BCUT2D eigenvalue weighted by Gasteiger charge is -2.36. The summed E-state index contributed by atoms with van der Waals surface area (Å²) in [7, 11) is 4.14. The SMILES string of the molecule is CCCc1cc(C(=O)N2CCCC(N(C)C)C2)cc(Cl)n1. The van der Waals surface area contributed by atoms with Gasteiger partial charge in [0.05, 0.1) is 0 Å². The van der Waals surface area contributed by atoms with Gasteiger partial charge in [-0.25, -0.2) is 4.98 Å². The number of aromatic nitrogens is 1. The molecule has 1 aliphatic heterocycles. The standard InChI is InChI=1S/C16H24ClN3O/c1-4-6-13-9-12(10-15(17)18-13)16(21)20-8-5-7-14(11-20)19(2)3/h9-10,14H,4-8,11H2,1-3H3. The van der Waals surface area contributed by atoms with Crippen LogP contribution in [0.3, 0.4) is 0 Å². The average molecular weight is 310 g/mol. The maximum atomic E-state index is 12.7. The summed E-state index contributed by atoms with van der Waals surface area (Å²) in [5.41, 5.74) is 1.56. The van der Waals surface area contributed by atoms with Gasteiger partial charge in [-0.1, -0.05) is 24.9 Å². The van der Waals surface area contributed by atoms with Gasteiger partial charge in [0, 0.05) is 30.4 Å². The van der Waals surface area contributed by atoms with Crippen LogP contribution in [-0.4, -0.2) is 53.9 Å². The van der Waals surface area contributed by atoms with E-state index in [0.29, 0.717) is 16.8 Å². The van der Waals surface area contributed by atoms with E-state index in [0.717, 1.165) is 44.5 Å². The summed E-state index contributed by atoms with van der Waals surface area (Å²) < 4.78 is 0. The molecule has 1 saturated heterocycles. The lowest BCUT2D eigenvalue weighted by atomic mass is 10.0. The van der Waals surface area contributed by atoms with E-state index in [1.807, 2.05) is 11.0 Å². The molecule has 5 heteroatoms. The fraction of sp³-hybridized carbons (Fsp3) is 0.625. The van der Waals surface area contributed by atoms with Gasteiger partial charge in [0.1, 0.15) is 5.15 Å². The van der Waals surface area contributed by atoms with Crippen LogP contribution in [0.4, 0.5) is 0 Å². The first-order valence-corrected chi connectivity index (χ1v) is 8.01. The Hall–Kier alpha value is -1.13. The number of piperidine rings is 1. The minimum Gasteiger partial charge on any atom is -0.337 e. The number of carbonyl (C=O) groups excluding carboxylic acids is 1. The first-order valence-electron chi connectivity index (χ1n) is 7.63. The second-order valence-electron chi connectivity index (χ2n) is 5.93. The first kappa shape index (κ1) is 16.2. The van der Waals surface area contributed by atoms with Crippen LogP contribution in [0.1, 0.15) is 42.2 Å². The summed E-state index contributed by atoms with van der Waals surface area (Å²) in [6, 6.07) is 4.01. The van der Waals surface area contributed by atoms with Crippen molar-refractivity contribution >= 4 is 17.5 Å². The molecular weight excluding hydrogens is 286 g/mol. The van der Waals surface area contributed by atoms with Crippen LogP contribution >= 0.6 is 11.6 Å². The molecule has 0 aliphatic carbocycles. The van der Waals surface area contributed by atoms with Crippen molar-refractivity contribution in [3.05, 3.63) is 28.5 Å². The van der Waals surface area contributed by atoms with Gasteiger partial charge < -0.3 is 9.80 Å². The minimum absolute atomic E-state index is 0.0724. The van der Waals surface area contributed by atoms with E-state index in [9.17, 15) is 4.79 Å². The Balaban J connectivity index is 2.15. The van der Waals surface area contributed by atoms with E-state index in [2.05, 4.69) is 30.9 Å². The molecule has 0 bridgehead atoms. The van der Waals surface area contributed by atoms with Crippen molar-refractivity contribution in [3.8, 4) is 0 Å². The fourth-order valence-corrected chi connectivity index (χ4v) is 3.03. The van der Waals surface area contributed by atoms with E-state index >= 15 is 0 Å². The molecule has 2 rings (SSSR count). The number of hydrogen-bond donors (Lipinski definition) is 0. The third kappa shape index (κ3) is 4.17. The highest BCUT2D eigenvalue weighted by Gasteiger charge is 2.26. The van der Waals surface area contributed by atoms with Crippen LogP contribution in [0.25, 0.3) is 0 Å². The van der Waals surface area contributed by atoms with E-state index in [1.165, 1.54) is 0 Å². The highest BCUT2D eigenvalue weighted by molar-refractivity contribution is 6.29. The van der Waals surface area contributed by atoms with Gasteiger partial charge in [-0.15, -0.1) is 0 Å². The van der Waals surface area contributed by atoms with Crippen molar-refractivity contribution in [2.75, 3.05) is 27.2 Å². The number of nitrogens with zero attached hydrogens (tertiary/aromatic N) is 3. The molecule has 2 heterocycles. The zero-order valence-corrected chi connectivity index (χ0v) is 13.9. The summed E-state index contributed by atoms with van der Waals surface area (Å²) in [5, 5.41) is 0.408. The number of pyridine rings is 1. The number of likely N-dealkylation sites (tertiary alicyclic amines) is 1. The topological polar surface area (TPSA) is 36.4 Å². The van der Waals surface area contributed by atoms with Gasteiger partial charge in [0.2, 0.25) is 0 Å². The Morgan fingerprint density at radius 3 is 2.90 bits per heavy atom. The lowest BCUT2D eigenvalue weighted by Crippen LogP contribution is -2.47. The van der Waals surface area contributed by atoms with Crippen molar-refractivity contribution < 1.29 is 4.79 Å². The van der Waals surface area contributed by atoms with Crippen molar-refractivity contribution in [1.29, 1.82) is 0 Å². The number of hydrogen-bond acceptors (Lipinski definition) is 3. The Bertz CT molecular complexity index is 504.